The molecule has 1 rings (SSSR count). The summed E-state index contributed by atoms with van der Waals surface area (Å²) in [6.45, 7) is 4.36. The minimum atomic E-state index is -0.437. The summed E-state index contributed by atoms with van der Waals surface area (Å²) in [4.78, 5) is 21.8. The Labute approximate surface area is 77.2 Å². The summed E-state index contributed by atoms with van der Waals surface area (Å²) >= 11 is 0. The Kier molecular flexibility index (Phi) is 3.42. The number of rotatable bonds is 3. The van der Waals surface area contributed by atoms with E-state index in [9.17, 15) is 9.59 Å². The Morgan fingerprint density at radius 3 is 2.46 bits per heavy atom. The average molecular weight is 186 g/mol. The highest BCUT2D eigenvalue weighted by atomic mass is 16.6. The van der Waals surface area contributed by atoms with Crippen molar-refractivity contribution in [1.82, 2.24) is 0 Å². The number of esters is 2. The van der Waals surface area contributed by atoms with Crippen LogP contribution in [-0.4, -0.2) is 24.6 Å². The Balaban J connectivity index is 2.49. The number of ether oxygens (including phenoxy) is 2. The van der Waals surface area contributed by atoms with E-state index in [-0.39, 0.29) is 24.9 Å². The number of carbonyl (C=O) groups is 2. The smallest absolute Gasteiger partial charge is 0.313 e. The van der Waals surface area contributed by atoms with Crippen molar-refractivity contribution in [2.24, 2.45) is 5.92 Å². The van der Waals surface area contributed by atoms with Crippen LogP contribution in [0.25, 0.3) is 0 Å². The Morgan fingerprint density at radius 1 is 1.46 bits per heavy atom. The summed E-state index contributed by atoms with van der Waals surface area (Å²) in [5, 5.41) is 0. The second-order valence-electron chi connectivity index (χ2n) is 3.17. The topological polar surface area (TPSA) is 52.6 Å². The molecular formula is C9H14O4. The molecule has 0 radical (unpaired) electrons. The standard InChI is InChI=1S/C9H14O4/c1-3-12-6(2)7-4-8(10)13-9(11)5-7/h6-7H,3-5H2,1-2H3. The number of carbonyl (C=O) groups excluding carboxylic acids is 2. The lowest BCUT2D eigenvalue weighted by atomic mass is 9.94. The van der Waals surface area contributed by atoms with E-state index in [1.54, 1.807) is 0 Å². The molecule has 0 aliphatic carbocycles. The molecule has 13 heavy (non-hydrogen) atoms. The van der Waals surface area contributed by atoms with Gasteiger partial charge in [-0.25, -0.2) is 0 Å². The van der Waals surface area contributed by atoms with E-state index in [0.29, 0.717) is 6.61 Å². The summed E-state index contributed by atoms with van der Waals surface area (Å²) < 4.78 is 9.73. The van der Waals surface area contributed by atoms with Gasteiger partial charge < -0.3 is 9.47 Å². The SMILES string of the molecule is CCOC(C)C1CC(=O)OC(=O)C1. The van der Waals surface area contributed by atoms with Gasteiger partial charge in [0.1, 0.15) is 0 Å². The molecule has 1 heterocycles. The van der Waals surface area contributed by atoms with Crippen molar-refractivity contribution >= 4 is 11.9 Å². The van der Waals surface area contributed by atoms with Gasteiger partial charge in [-0.1, -0.05) is 0 Å². The molecule has 1 aliphatic heterocycles. The van der Waals surface area contributed by atoms with Crippen molar-refractivity contribution in [2.45, 2.75) is 32.8 Å². The summed E-state index contributed by atoms with van der Waals surface area (Å²) in [6, 6.07) is 0. The molecule has 0 bridgehead atoms. The van der Waals surface area contributed by atoms with Crippen LogP contribution < -0.4 is 0 Å². The van der Waals surface area contributed by atoms with Crippen LogP contribution in [-0.2, 0) is 19.1 Å². The van der Waals surface area contributed by atoms with Gasteiger partial charge in [-0.15, -0.1) is 0 Å². The molecular weight excluding hydrogens is 172 g/mol. The Hall–Kier alpha value is -0.900. The van der Waals surface area contributed by atoms with Crippen LogP contribution in [0, 0.1) is 5.92 Å². The number of hydrogen-bond acceptors (Lipinski definition) is 4. The molecule has 1 fully saturated rings. The number of cyclic esters (lactones) is 2. The fourth-order valence-electron chi connectivity index (χ4n) is 1.44. The summed E-state index contributed by atoms with van der Waals surface area (Å²) in [7, 11) is 0. The van der Waals surface area contributed by atoms with Crippen molar-refractivity contribution in [2.75, 3.05) is 6.61 Å². The maximum absolute atomic E-state index is 10.9. The van der Waals surface area contributed by atoms with Gasteiger partial charge in [0.25, 0.3) is 0 Å². The van der Waals surface area contributed by atoms with E-state index in [1.807, 2.05) is 13.8 Å². The van der Waals surface area contributed by atoms with Gasteiger partial charge in [0, 0.05) is 12.5 Å². The molecule has 0 saturated carbocycles. The predicted octanol–water partition coefficient (Wildman–Crippen LogP) is 0.891. The zero-order valence-corrected chi connectivity index (χ0v) is 7.91. The highest BCUT2D eigenvalue weighted by Crippen LogP contribution is 2.22. The lowest BCUT2D eigenvalue weighted by Crippen LogP contribution is -2.32. The average Bonchev–Trinajstić information content (AvgIpc) is 2.03. The highest BCUT2D eigenvalue weighted by Gasteiger charge is 2.31. The number of hydrogen-bond donors (Lipinski definition) is 0. The molecule has 4 nitrogen and oxygen atoms in total. The first-order chi connectivity index (χ1) is 6.13. The van der Waals surface area contributed by atoms with Gasteiger partial charge in [0.05, 0.1) is 18.9 Å². The van der Waals surface area contributed by atoms with Gasteiger partial charge >= 0.3 is 11.9 Å². The predicted molar refractivity (Wildman–Crippen MR) is 44.9 cm³/mol. The third kappa shape index (κ3) is 2.81. The van der Waals surface area contributed by atoms with Crippen molar-refractivity contribution in [1.29, 1.82) is 0 Å². The monoisotopic (exact) mass is 186 g/mol. The molecule has 0 N–H and O–H groups in total. The third-order valence-corrected chi connectivity index (χ3v) is 2.18. The molecule has 0 aromatic rings. The third-order valence-electron chi connectivity index (χ3n) is 2.18. The Bertz CT molecular complexity index is 196. The highest BCUT2D eigenvalue weighted by molar-refractivity contribution is 5.88. The van der Waals surface area contributed by atoms with Crippen molar-refractivity contribution in [3.05, 3.63) is 0 Å². The van der Waals surface area contributed by atoms with Gasteiger partial charge in [-0.05, 0) is 13.8 Å². The molecule has 1 unspecified atom stereocenters. The maximum atomic E-state index is 10.9. The second-order valence-corrected chi connectivity index (χ2v) is 3.17. The van der Waals surface area contributed by atoms with Crippen molar-refractivity contribution in [3.8, 4) is 0 Å². The van der Waals surface area contributed by atoms with Crippen LogP contribution in [0.15, 0.2) is 0 Å². The van der Waals surface area contributed by atoms with Crippen LogP contribution in [0.4, 0.5) is 0 Å². The fraction of sp³-hybridized carbons (Fsp3) is 0.778. The van der Waals surface area contributed by atoms with Crippen molar-refractivity contribution < 1.29 is 19.1 Å². The molecule has 1 saturated heterocycles. The van der Waals surface area contributed by atoms with Gasteiger partial charge in [-0.3, -0.25) is 9.59 Å². The summed E-state index contributed by atoms with van der Waals surface area (Å²) in [5.74, 6) is -0.894. The van der Waals surface area contributed by atoms with E-state index in [4.69, 9.17) is 4.74 Å². The van der Waals surface area contributed by atoms with Gasteiger partial charge in [-0.2, -0.15) is 0 Å². The molecule has 74 valence electrons. The van der Waals surface area contributed by atoms with E-state index in [1.165, 1.54) is 0 Å². The fourth-order valence-corrected chi connectivity index (χ4v) is 1.44. The van der Waals surface area contributed by atoms with E-state index < -0.39 is 11.9 Å². The molecule has 0 spiro atoms. The summed E-state index contributed by atoms with van der Waals surface area (Å²) in [6.07, 6.45) is 0.515. The second kappa shape index (κ2) is 4.37. The molecule has 4 heteroatoms. The normalized spacial score (nSPS) is 21.4. The maximum Gasteiger partial charge on any atom is 0.313 e. The first-order valence-corrected chi connectivity index (χ1v) is 4.48. The first kappa shape index (κ1) is 10.2. The van der Waals surface area contributed by atoms with Crippen LogP contribution in [0.3, 0.4) is 0 Å². The molecule has 1 aliphatic rings. The lowest BCUT2D eigenvalue weighted by Gasteiger charge is -2.25. The van der Waals surface area contributed by atoms with E-state index in [2.05, 4.69) is 4.74 Å². The van der Waals surface area contributed by atoms with Crippen LogP contribution in [0.1, 0.15) is 26.7 Å². The largest absolute Gasteiger partial charge is 0.393 e. The first-order valence-electron chi connectivity index (χ1n) is 4.48. The van der Waals surface area contributed by atoms with Crippen molar-refractivity contribution in [3.63, 3.8) is 0 Å². The zero-order chi connectivity index (χ0) is 9.84. The molecule has 0 aromatic heterocycles. The van der Waals surface area contributed by atoms with Gasteiger partial charge in [0.2, 0.25) is 0 Å². The van der Waals surface area contributed by atoms with E-state index >= 15 is 0 Å². The van der Waals surface area contributed by atoms with E-state index in [0.717, 1.165) is 0 Å². The van der Waals surface area contributed by atoms with Crippen LogP contribution in [0.5, 0.6) is 0 Å². The van der Waals surface area contributed by atoms with Crippen LogP contribution in [0.2, 0.25) is 0 Å². The van der Waals surface area contributed by atoms with Crippen LogP contribution >= 0.6 is 0 Å². The quantitative estimate of drug-likeness (QED) is 0.485. The minimum absolute atomic E-state index is 0.0197. The molecule has 0 amide bonds. The Morgan fingerprint density at radius 2 is 2.00 bits per heavy atom. The molecule has 1 atom stereocenters. The minimum Gasteiger partial charge on any atom is -0.393 e. The molecule has 0 aromatic carbocycles. The lowest BCUT2D eigenvalue weighted by molar-refractivity contribution is -0.168. The summed E-state index contributed by atoms with van der Waals surface area (Å²) in [5.41, 5.74) is 0. The van der Waals surface area contributed by atoms with Gasteiger partial charge in [0.15, 0.2) is 0 Å². The zero-order valence-electron chi connectivity index (χ0n) is 7.91.